The summed E-state index contributed by atoms with van der Waals surface area (Å²) in [7, 11) is -4.08. The SMILES string of the molecule is CCOP(=O)(O)OC(C)(C)COC(C)(C)c1ccc(CCCCCC(C)C)cc1. The Morgan fingerprint density at radius 1 is 1.03 bits per heavy atom. The normalized spacial score (nSPS) is 14.9. The van der Waals surface area contributed by atoms with Gasteiger partial charge in [0.05, 0.1) is 24.4 Å². The Bertz CT molecular complexity index is 637. The van der Waals surface area contributed by atoms with Crippen LogP contribution in [-0.4, -0.2) is 23.7 Å². The molecule has 0 aliphatic rings. The third-order valence-corrected chi connectivity index (χ3v) is 6.14. The van der Waals surface area contributed by atoms with Crippen molar-refractivity contribution in [1.29, 1.82) is 0 Å². The highest BCUT2D eigenvalue weighted by Crippen LogP contribution is 2.47. The van der Waals surface area contributed by atoms with Crippen LogP contribution in [0.1, 0.15) is 85.3 Å². The Morgan fingerprint density at radius 3 is 2.21 bits per heavy atom. The summed E-state index contributed by atoms with van der Waals surface area (Å²) in [5.41, 5.74) is 0.915. The van der Waals surface area contributed by atoms with Crippen LogP contribution >= 0.6 is 7.82 Å². The van der Waals surface area contributed by atoms with Gasteiger partial charge >= 0.3 is 7.82 Å². The Morgan fingerprint density at radius 2 is 1.66 bits per heavy atom. The van der Waals surface area contributed by atoms with Gasteiger partial charge in [-0.05, 0) is 64.5 Å². The van der Waals surface area contributed by atoms with Gasteiger partial charge in [-0.25, -0.2) is 4.57 Å². The largest absolute Gasteiger partial charge is 0.472 e. The number of rotatable bonds is 14. The minimum absolute atomic E-state index is 0.111. The molecule has 0 spiro atoms. The van der Waals surface area contributed by atoms with Gasteiger partial charge in [0.2, 0.25) is 0 Å². The van der Waals surface area contributed by atoms with Crippen LogP contribution in [0.3, 0.4) is 0 Å². The fourth-order valence-corrected chi connectivity index (χ4v) is 4.15. The quantitative estimate of drug-likeness (QED) is 0.266. The van der Waals surface area contributed by atoms with Crippen LogP contribution in [0, 0.1) is 5.92 Å². The van der Waals surface area contributed by atoms with Gasteiger partial charge in [0.25, 0.3) is 0 Å². The van der Waals surface area contributed by atoms with Crippen molar-refractivity contribution < 1.29 is 23.2 Å². The first-order valence-corrected chi connectivity index (χ1v) is 12.3. The molecule has 0 radical (unpaired) electrons. The smallest absolute Gasteiger partial charge is 0.368 e. The molecule has 0 fully saturated rings. The molecule has 0 saturated heterocycles. The predicted octanol–water partition coefficient (Wildman–Crippen LogP) is 6.63. The van der Waals surface area contributed by atoms with Crippen molar-refractivity contribution in [2.75, 3.05) is 13.2 Å². The van der Waals surface area contributed by atoms with Gasteiger partial charge in [0.15, 0.2) is 0 Å². The molecule has 1 atom stereocenters. The van der Waals surface area contributed by atoms with E-state index in [4.69, 9.17) is 13.8 Å². The molecule has 0 heterocycles. The minimum atomic E-state index is -4.08. The van der Waals surface area contributed by atoms with Gasteiger partial charge in [0.1, 0.15) is 0 Å². The molecule has 0 aromatic heterocycles. The molecule has 0 bridgehead atoms. The molecular formula is C23H41O5P. The van der Waals surface area contributed by atoms with Crippen molar-refractivity contribution in [2.24, 2.45) is 5.92 Å². The zero-order valence-electron chi connectivity index (χ0n) is 19.4. The van der Waals surface area contributed by atoms with Crippen LogP contribution in [0.2, 0.25) is 0 Å². The van der Waals surface area contributed by atoms with Crippen molar-refractivity contribution >= 4 is 7.82 Å². The van der Waals surface area contributed by atoms with Crippen LogP contribution in [-0.2, 0) is 30.4 Å². The summed E-state index contributed by atoms with van der Waals surface area (Å²) in [5, 5.41) is 0. The monoisotopic (exact) mass is 428 g/mol. The summed E-state index contributed by atoms with van der Waals surface area (Å²) in [4.78, 5) is 9.71. The molecule has 0 aliphatic carbocycles. The number of aryl methyl sites for hydroxylation is 1. The molecule has 5 nitrogen and oxygen atoms in total. The highest BCUT2D eigenvalue weighted by molar-refractivity contribution is 7.47. The van der Waals surface area contributed by atoms with E-state index in [2.05, 4.69) is 38.1 Å². The number of hydrogen-bond acceptors (Lipinski definition) is 4. The van der Waals surface area contributed by atoms with Gasteiger partial charge < -0.3 is 9.63 Å². The number of ether oxygens (including phenoxy) is 1. The van der Waals surface area contributed by atoms with E-state index < -0.39 is 19.0 Å². The summed E-state index contributed by atoms with van der Waals surface area (Å²) >= 11 is 0. The summed E-state index contributed by atoms with van der Waals surface area (Å²) < 4.78 is 28.0. The number of hydrogen-bond donors (Lipinski definition) is 1. The lowest BCUT2D eigenvalue weighted by Gasteiger charge is -2.33. The second-order valence-electron chi connectivity index (χ2n) is 9.23. The standard InChI is InChI=1S/C23H41O5P/c1-8-27-29(24,25)28-22(4,5)18-26-23(6,7)21-16-14-20(15-17-21)13-11-9-10-12-19(2)3/h14-17,19H,8-13,18H2,1-7H3,(H,24,25). The van der Waals surface area contributed by atoms with Crippen molar-refractivity contribution in [1.82, 2.24) is 0 Å². The molecule has 1 N–H and O–H groups in total. The maximum absolute atomic E-state index is 11.9. The predicted molar refractivity (Wildman–Crippen MR) is 119 cm³/mol. The molecule has 0 amide bonds. The highest BCUT2D eigenvalue weighted by Gasteiger charge is 2.34. The number of benzene rings is 1. The average molecular weight is 429 g/mol. The second-order valence-corrected chi connectivity index (χ2v) is 10.6. The van der Waals surface area contributed by atoms with Crippen LogP contribution < -0.4 is 0 Å². The van der Waals surface area contributed by atoms with Gasteiger partial charge in [0, 0.05) is 0 Å². The number of unbranched alkanes of at least 4 members (excludes halogenated alkanes) is 2. The van der Waals surface area contributed by atoms with E-state index in [-0.39, 0.29) is 13.2 Å². The van der Waals surface area contributed by atoms with Crippen LogP contribution in [0.25, 0.3) is 0 Å². The van der Waals surface area contributed by atoms with Crippen LogP contribution in [0.4, 0.5) is 0 Å². The minimum Gasteiger partial charge on any atom is -0.368 e. The zero-order chi connectivity index (χ0) is 22.1. The Balaban J connectivity index is 2.56. The Labute approximate surface area is 177 Å². The third kappa shape index (κ3) is 10.8. The van der Waals surface area contributed by atoms with Crippen molar-refractivity contribution in [3.8, 4) is 0 Å². The summed E-state index contributed by atoms with van der Waals surface area (Å²) in [6, 6.07) is 8.55. The van der Waals surface area contributed by atoms with E-state index in [9.17, 15) is 9.46 Å². The van der Waals surface area contributed by atoms with E-state index >= 15 is 0 Å². The Hall–Kier alpha value is -0.710. The first-order chi connectivity index (χ1) is 13.4. The van der Waals surface area contributed by atoms with Gasteiger partial charge in [-0.3, -0.25) is 9.05 Å². The van der Waals surface area contributed by atoms with E-state index in [0.717, 1.165) is 17.9 Å². The molecule has 6 heteroatoms. The van der Waals surface area contributed by atoms with E-state index in [1.807, 2.05) is 13.8 Å². The summed E-state index contributed by atoms with van der Waals surface area (Å²) in [6.07, 6.45) is 6.21. The first kappa shape index (κ1) is 26.3. The fourth-order valence-electron chi connectivity index (χ4n) is 3.10. The molecule has 0 saturated carbocycles. The molecule has 29 heavy (non-hydrogen) atoms. The Kier molecular flexibility index (Phi) is 10.5. The number of phosphoric ester groups is 1. The molecule has 1 rings (SSSR count). The lowest BCUT2D eigenvalue weighted by molar-refractivity contribution is -0.0928. The molecule has 168 valence electrons. The topological polar surface area (TPSA) is 65.0 Å². The summed E-state index contributed by atoms with van der Waals surface area (Å²) in [6.45, 7) is 13.9. The molecular weight excluding hydrogens is 387 g/mol. The van der Waals surface area contributed by atoms with Crippen molar-refractivity contribution in [2.45, 2.75) is 91.8 Å². The zero-order valence-corrected chi connectivity index (χ0v) is 20.3. The lowest BCUT2D eigenvalue weighted by Crippen LogP contribution is -2.35. The molecule has 1 aromatic carbocycles. The van der Waals surface area contributed by atoms with E-state index in [1.54, 1.807) is 20.8 Å². The average Bonchev–Trinajstić information content (AvgIpc) is 2.59. The van der Waals surface area contributed by atoms with Crippen molar-refractivity contribution in [3.05, 3.63) is 35.4 Å². The van der Waals surface area contributed by atoms with Crippen molar-refractivity contribution in [3.63, 3.8) is 0 Å². The van der Waals surface area contributed by atoms with Gasteiger partial charge in [-0.15, -0.1) is 0 Å². The maximum Gasteiger partial charge on any atom is 0.472 e. The first-order valence-electron chi connectivity index (χ1n) is 10.8. The second kappa shape index (κ2) is 11.6. The lowest BCUT2D eigenvalue weighted by atomic mass is 9.95. The number of phosphoric acid groups is 1. The van der Waals surface area contributed by atoms with E-state index in [1.165, 1.54) is 31.2 Å². The van der Waals surface area contributed by atoms with Crippen LogP contribution in [0.5, 0.6) is 0 Å². The molecule has 1 unspecified atom stereocenters. The van der Waals surface area contributed by atoms with Gasteiger partial charge in [-0.1, -0.05) is 57.4 Å². The van der Waals surface area contributed by atoms with Crippen LogP contribution in [0.15, 0.2) is 24.3 Å². The highest BCUT2D eigenvalue weighted by atomic mass is 31.2. The maximum atomic E-state index is 11.9. The summed E-state index contributed by atoms with van der Waals surface area (Å²) in [5.74, 6) is 0.787. The van der Waals surface area contributed by atoms with E-state index in [0.29, 0.717) is 0 Å². The van der Waals surface area contributed by atoms with Gasteiger partial charge in [-0.2, -0.15) is 0 Å². The molecule has 1 aromatic rings. The molecule has 0 aliphatic heterocycles. The fraction of sp³-hybridized carbons (Fsp3) is 0.739. The third-order valence-electron chi connectivity index (χ3n) is 4.83.